The van der Waals surface area contributed by atoms with E-state index in [0.29, 0.717) is 6.61 Å². The Kier molecular flexibility index (Phi) is 3.43. The van der Waals surface area contributed by atoms with E-state index in [0.717, 1.165) is 24.0 Å². The molecule has 3 rings (SSSR count). The minimum atomic E-state index is -0.234. The number of carbonyl (C=O) groups is 1. The normalized spacial score (nSPS) is 18.4. The zero-order valence-corrected chi connectivity index (χ0v) is 10.7. The molecule has 0 saturated carbocycles. The van der Waals surface area contributed by atoms with E-state index in [2.05, 4.69) is 12.1 Å². The second-order valence-corrected chi connectivity index (χ2v) is 4.81. The van der Waals surface area contributed by atoms with Crippen molar-refractivity contribution in [1.82, 2.24) is 0 Å². The highest BCUT2D eigenvalue weighted by Gasteiger charge is 2.24. The van der Waals surface area contributed by atoms with Crippen LogP contribution in [0.1, 0.15) is 23.2 Å². The van der Waals surface area contributed by atoms with Crippen LogP contribution >= 0.6 is 0 Å². The summed E-state index contributed by atoms with van der Waals surface area (Å²) in [5, 5.41) is 0. The Bertz CT molecular complexity index is 552. The van der Waals surface area contributed by atoms with E-state index in [9.17, 15) is 4.79 Å². The van der Waals surface area contributed by atoms with E-state index < -0.39 is 0 Å². The molecule has 1 saturated heterocycles. The molecular formula is C17H16O2. The molecule has 1 heterocycles. The highest BCUT2D eigenvalue weighted by molar-refractivity contribution is 5.99. The average molecular weight is 252 g/mol. The monoisotopic (exact) mass is 252 g/mol. The predicted octanol–water partition coefficient (Wildman–Crippen LogP) is 3.72. The van der Waals surface area contributed by atoms with Crippen molar-refractivity contribution in [2.24, 2.45) is 0 Å². The smallest absolute Gasteiger partial charge is 0.191 e. The first-order valence-electron chi connectivity index (χ1n) is 6.66. The fraction of sp³-hybridized carbons (Fsp3) is 0.235. The molecule has 2 nitrogen and oxygen atoms in total. The minimum Gasteiger partial charge on any atom is -0.370 e. The minimum absolute atomic E-state index is 0.108. The lowest BCUT2D eigenvalue weighted by Crippen LogP contribution is -2.19. The maximum absolute atomic E-state index is 12.2. The lowest BCUT2D eigenvalue weighted by Gasteiger charge is -2.09. The van der Waals surface area contributed by atoms with Gasteiger partial charge in [-0.1, -0.05) is 54.6 Å². The van der Waals surface area contributed by atoms with Gasteiger partial charge in [-0.05, 0) is 24.0 Å². The zero-order valence-electron chi connectivity index (χ0n) is 10.7. The highest BCUT2D eigenvalue weighted by atomic mass is 16.5. The third kappa shape index (κ3) is 2.59. The summed E-state index contributed by atoms with van der Waals surface area (Å²) in [6, 6.07) is 17.9. The highest BCUT2D eigenvalue weighted by Crippen LogP contribution is 2.22. The molecule has 1 aliphatic heterocycles. The Balaban J connectivity index is 1.81. The molecule has 2 heteroatoms. The quantitative estimate of drug-likeness (QED) is 0.778. The molecule has 0 aliphatic carbocycles. The molecule has 0 spiro atoms. The first-order valence-corrected chi connectivity index (χ1v) is 6.66. The third-order valence-electron chi connectivity index (χ3n) is 3.50. The first kappa shape index (κ1) is 12.1. The molecule has 2 aromatic carbocycles. The van der Waals surface area contributed by atoms with Crippen molar-refractivity contribution in [3.63, 3.8) is 0 Å². The summed E-state index contributed by atoms with van der Waals surface area (Å²) in [6.07, 6.45) is 1.60. The van der Waals surface area contributed by atoms with E-state index in [-0.39, 0.29) is 11.9 Å². The number of Topliss-reactive ketones (excluding diaryl/α,β-unsaturated/α-hetero) is 1. The van der Waals surface area contributed by atoms with E-state index in [1.54, 1.807) is 0 Å². The molecule has 0 unspecified atom stereocenters. The van der Waals surface area contributed by atoms with Gasteiger partial charge in [-0.3, -0.25) is 4.79 Å². The summed E-state index contributed by atoms with van der Waals surface area (Å²) in [5.74, 6) is 0.108. The van der Waals surface area contributed by atoms with Gasteiger partial charge in [-0.2, -0.15) is 0 Å². The van der Waals surface area contributed by atoms with Crippen LogP contribution in [0, 0.1) is 0 Å². The summed E-state index contributed by atoms with van der Waals surface area (Å²) >= 11 is 0. The molecule has 0 radical (unpaired) electrons. The van der Waals surface area contributed by atoms with Gasteiger partial charge < -0.3 is 4.74 Å². The fourth-order valence-electron chi connectivity index (χ4n) is 2.43. The lowest BCUT2D eigenvalue weighted by molar-refractivity contribution is 0.0643. The summed E-state index contributed by atoms with van der Waals surface area (Å²) in [4.78, 5) is 12.2. The fourth-order valence-corrected chi connectivity index (χ4v) is 2.43. The van der Waals surface area contributed by atoms with Crippen molar-refractivity contribution in [2.45, 2.75) is 18.9 Å². The molecular weight excluding hydrogens is 236 g/mol. The largest absolute Gasteiger partial charge is 0.370 e. The Morgan fingerprint density at radius 3 is 2.26 bits per heavy atom. The van der Waals surface area contributed by atoms with E-state index in [1.807, 2.05) is 42.5 Å². The lowest BCUT2D eigenvalue weighted by atomic mass is 10.00. The van der Waals surface area contributed by atoms with Crippen LogP contribution < -0.4 is 0 Å². The number of benzene rings is 2. The Morgan fingerprint density at radius 1 is 0.947 bits per heavy atom. The van der Waals surface area contributed by atoms with Gasteiger partial charge >= 0.3 is 0 Å². The number of rotatable bonds is 3. The molecule has 0 bridgehead atoms. The number of carbonyl (C=O) groups excluding carboxylic acids is 1. The summed E-state index contributed by atoms with van der Waals surface area (Å²) in [7, 11) is 0. The average Bonchev–Trinajstić information content (AvgIpc) is 3.02. The number of hydrogen-bond acceptors (Lipinski definition) is 2. The van der Waals surface area contributed by atoms with Gasteiger partial charge in [0, 0.05) is 12.2 Å². The van der Waals surface area contributed by atoms with Crippen molar-refractivity contribution < 1.29 is 9.53 Å². The molecule has 19 heavy (non-hydrogen) atoms. The van der Waals surface area contributed by atoms with Gasteiger partial charge in [0.2, 0.25) is 0 Å². The van der Waals surface area contributed by atoms with Crippen LogP contribution in [-0.4, -0.2) is 18.5 Å². The SMILES string of the molecule is O=C(c1ccc(-c2ccccc2)cc1)[C@H]1CCCO1. The summed E-state index contributed by atoms with van der Waals surface area (Å²) in [6.45, 7) is 0.707. The molecule has 0 amide bonds. The van der Waals surface area contributed by atoms with Gasteiger partial charge in [0.05, 0.1) is 0 Å². The number of ether oxygens (including phenoxy) is 1. The number of hydrogen-bond donors (Lipinski definition) is 0. The van der Waals surface area contributed by atoms with E-state index in [4.69, 9.17) is 4.74 Å². The first-order chi connectivity index (χ1) is 9.34. The summed E-state index contributed by atoms with van der Waals surface area (Å²) < 4.78 is 5.43. The Morgan fingerprint density at radius 2 is 1.63 bits per heavy atom. The van der Waals surface area contributed by atoms with Gasteiger partial charge in [-0.15, -0.1) is 0 Å². The van der Waals surface area contributed by atoms with Crippen LogP contribution in [-0.2, 0) is 4.74 Å². The molecule has 96 valence electrons. The van der Waals surface area contributed by atoms with Crippen LogP contribution in [0.15, 0.2) is 54.6 Å². The second kappa shape index (κ2) is 5.37. The van der Waals surface area contributed by atoms with Crippen LogP contribution in [0.4, 0.5) is 0 Å². The van der Waals surface area contributed by atoms with Crippen molar-refractivity contribution in [3.8, 4) is 11.1 Å². The van der Waals surface area contributed by atoms with Crippen LogP contribution in [0.3, 0.4) is 0 Å². The van der Waals surface area contributed by atoms with Crippen LogP contribution in [0.2, 0.25) is 0 Å². The zero-order chi connectivity index (χ0) is 13.1. The summed E-state index contributed by atoms with van der Waals surface area (Å²) in [5.41, 5.74) is 3.04. The third-order valence-corrected chi connectivity index (χ3v) is 3.50. The Labute approximate surface area is 113 Å². The number of ketones is 1. The molecule has 1 aliphatic rings. The maximum Gasteiger partial charge on any atom is 0.191 e. The molecule has 1 atom stereocenters. The van der Waals surface area contributed by atoms with E-state index >= 15 is 0 Å². The van der Waals surface area contributed by atoms with Crippen molar-refractivity contribution in [3.05, 3.63) is 60.2 Å². The molecule has 0 aromatic heterocycles. The predicted molar refractivity (Wildman–Crippen MR) is 75.2 cm³/mol. The van der Waals surface area contributed by atoms with Gasteiger partial charge in [0.15, 0.2) is 5.78 Å². The van der Waals surface area contributed by atoms with E-state index in [1.165, 1.54) is 5.56 Å². The van der Waals surface area contributed by atoms with Crippen molar-refractivity contribution in [1.29, 1.82) is 0 Å². The van der Waals surface area contributed by atoms with Crippen molar-refractivity contribution in [2.75, 3.05) is 6.61 Å². The molecule has 1 fully saturated rings. The van der Waals surface area contributed by atoms with Gasteiger partial charge in [-0.25, -0.2) is 0 Å². The van der Waals surface area contributed by atoms with Crippen molar-refractivity contribution >= 4 is 5.78 Å². The van der Waals surface area contributed by atoms with Crippen LogP contribution in [0.25, 0.3) is 11.1 Å². The standard InChI is InChI=1S/C17H16O2/c18-17(16-7-4-12-19-16)15-10-8-14(9-11-15)13-5-2-1-3-6-13/h1-3,5-6,8-11,16H,4,7,12H2/t16-/m1/s1. The maximum atomic E-state index is 12.2. The molecule has 2 aromatic rings. The van der Waals surface area contributed by atoms with Crippen LogP contribution in [0.5, 0.6) is 0 Å². The van der Waals surface area contributed by atoms with Gasteiger partial charge in [0.25, 0.3) is 0 Å². The van der Waals surface area contributed by atoms with Gasteiger partial charge in [0.1, 0.15) is 6.10 Å². The molecule has 0 N–H and O–H groups in total. The second-order valence-electron chi connectivity index (χ2n) is 4.81. The topological polar surface area (TPSA) is 26.3 Å². The Hall–Kier alpha value is -1.93.